The SMILES string of the molecule is CCc1ccc(-c2nc(SCC(=O)Nc3cc(Cl)ccc3C)n[nH]2)cc1. The number of benzene rings is 2. The van der Waals surface area contributed by atoms with E-state index in [1.165, 1.54) is 17.3 Å². The maximum atomic E-state index is 12.2. The van der Waals surface area contributed by atoms with Gasteiger partial charge in [-0.15, -0.1) is 5.10 Å². The summed E-state index contributed by atoms with van der Waals surface area (Å²) in [5.74, 6) is 0.790. The summed E-state index contributed by atoms with van der Waals surface area (Å²) in [5.41, 5.74) is 3.93. The van der Waals surface area contributed by atoms with Gasteiger partial charge in [-0.2, -0.15) is 0 Å². The number of nitrogens with zero attached hydrogens (tertiary/aromatic N) is 2. The quantitative estimate of drug-likeness (QED) is 0.601. The Kier molecular flexibility index (Phi) is 5.96. The number of aryl methyl sites for hydroxylation is 2. The number of carbonyl (C=O) groups is 1. The molecule has 0 atom stereocenters. The van der Waals surface area contributed by atoms with Crippen LogP contribution in [0.4, 0.5) is 5.69 Å². The summed E-state index contributed by atoms with van der Waals surface area (Å²) in [4.78, 5) is 16.6. The molecule has 1 heterocycles. The molecule has 0 saturated carbocycles. The van der Waals surface area contributed by atoms with Crippen LogP contribution in [0.1, 0.15) is 18.1 Å². The second-order valence-electron chi connectivity index (χ2n) is 5.81. The van der Waals surface area contributed by atoms with Crippen LogP contribution >= 0.6 is 23.4 Å². The van der Waals surface area contributed by atoms with Gasteiger partial charge in [-0.05, 0) is 36.6 Å². The van der Waals surface area contributed by atoms with Gasteiger partial charge in [-0.25, -0.2) is 4.98 Å². The molecule has 2 aromatic carbocycles. The van der Waals surface area contributed by atoms with E-state index in [9.17, 15) is 4.79 Å². The highest BCUT2D eigenvalue weighted by atomic mass is 35.5. The van der Waals surface area contributed by atoms with Crippen molar-refractivity contribution in [2.45, 2.75) is 25.4 Å². The maximum Gasteiger partial charge on any atom is 0.234 e. The largest absolute Gasteiger partial charge is 0.325 e. The van der Waals surface area contributed by atoms with E-state index in [0.29, 0.717) is 16.0 Å². The first-order valence-corrected chi connectivity index (χ1v) is 9.62. The summed E-state index contributed by atoms with van der Waals surface area (Å²) >= 11 is 7.26. The number of halogens is 1. The highest BCUT2D eigenvalue weighted by molar-refractivity contribution is 7.99. The zero-order valence-electron chi connectivity index (χ0n) is 14.5. The molecule has 26 heavy (non-hydrogen) atoms. The van der Waals surface area contributed by atoms with Crippen LogP contribution in [0, 0.1) is 6.92 Å². The molecular formula is C19H19ClN4OS. The van der Waals surface area contributed by atoms with Crippen molar-refractivity contribution in [3.05, 3.63) is 58.6 Å². The Bertz CT molecular complexity index is 908. The highest BCUT2D eigenvalue weighted by Crippen LogP contribution is 2.22. The van der Waals surface area contributed by atoms with Crippen molar-refractivity contribution >= 4 is 35.0 Å². The Morgan fingerprint density at radius 3 is 2.73 bits per heavy atom. The molecule has 5 nitrogen and oxygen atoms in total. The third kappa shape index (κ3) is 4.65. The monoisotopic (exact) mass is 386 g/mol. The van der Waals surface area contributed by atoms with Gasteiger partial charge in [0.05, 0.1) is 5.75 Å². The molecule has 0 spiro atoms. The first-order chi connectivity index (χ1) is 12.5. The summed E-state index contributed by atoms with van der Waals surface area (Å²) in [6.45, 7) is 4.04. The van der Waals surface area contributed by atoms with Crippen LogP contribution in [0.15, 0.2) is 47.6 Å². The lowest BCUT2D eigenvalue weighted by atomic mass is 10.1. The lowest BCUT2D eigenvalue weighted by molar-refractivity contribution is -0.113. The van der Waals surface area contributed by atoms with Gasteiger partial charge in [0.15, 0.2) is 5.82 Å². The predicted octanol–water partition coefficient (Wildman–Crippen LogP) is 4.73. The maximum absolute atomic E-state index is 12.2. The minimum Gasteiger partial charge on any atom is -0.325 e. The van der Waals surface area contributed by atoms with Crippen molar-refractivity contribution in [1.29, 1.82) is 0 Å². The standard InChI is InChI=1S/C19H19ClN4OS/c1-3-13-5-7-14(8-6-13)18-22-19(24-23-18)26-11-17(25)21-16-10-15(20)9-4-12(16)2/h4-10H,3,11H2,1-2H3,(H,21,25)(H,22,23,24). The van der Waals surface area contributed by atoms with Crippen LogP contribution in [0.5, 0.6) is 0 Å². The van der Waals surface area contributed by atoms with Crippen LogP contribution in [-0.2, 0) is 11.2 Å². The topological polar surface area (TPSA) is 70.7 Å². The zero-order chi connectivity index (χ0) is 18.5. The molecule has 0 aliphatic carbocycles. The summed E-state index contributed by atoms with van der Waals surface area (Å²) in [6.07, 6.45) is 0.999. The summed E-state index contributed by atoms with van der Waals surface area (Å²) < 4.78 is 0. The van der Waals surface area contributed by atoms with Gasteiger partial charge >= 0.3 is 0 Å². The molecular weight excluding hydrogens is 368 g/mol. The number of carbonyl (C=O) groups excluding carboxylic acids is 1. The minimum absolute atomic E-state index is 0.126. The molecule has 0 aliphatic rings. The Labute approximate surface area is 161 Å². The van der Waals surface area contributed by atoms with E-state index in [1.807, 2.05) is 25.1 Å². The van der Waals surface area contributed by atoms with Gasteiger partial charge in [-0.3, -0.25) is 9.89 Å². The van der Waals surface area contributed by atoms with Gasteiger partial charge in [-0.1, -0.05) is 60.6 Å². The van der Waals surface area contributed by atoms with E-state index >= 15 is 0 Å². The average Bonchev–Trinajstić information content (AvgIpc) is 3.12. The van der Waals surface area contributed by atoms with Gasteiger partial charge < -0.3 is 5.32 Å². The zero-order valence-corrected chi connectivity index (χ0v) is 16.1. The minimum atomic E-state index is -0.126. The van der Waals surface area contributed by atoms with Gasteiger partial charge in [0, 0.05) is 16.3 Å². The molecule has 2 N–H and O–H groups in total. The van der Waals surface area contributed by atoms with Crippen LogP contribution in [0.3, 0.4) is 0 Å². The molecule has 0 unspecified atom stereocenters. The fourth-order valence-corrected chi connectivity index (χ4v) is 3.15. The molecule has 3 rings (SSSR count). The van der Waals surface area contributed by atoms with Gasteiger partial charge in [0.2, 0.25) is 11.1 Å². The number of rotatable bonds is 6. The average molecular weight is 387 g/mol. The molecule has 0 saturated heterocycles. The number of aromatic nitrogens is 3. The third-order valence-electron chi connectivity index (χ3n) is 3.91. The van der Waals surface area contributed by atoms with Crippen molar-refractivity contribution in [3.63, 3.8) is 0 Å². The van der Waals surface area contributed by atoms with Crippen molar-refractivity contribution in [2.75, 3.05) is 11.1 Å². The number of amides is 1. The van der Waals surface area contributed by atoms with Crippen LogP contribution in [0.25, 0.3) is 11.4 Å². The van der Waals surface area contributed by atoms with Gasteiger partial charge in [0.1, 0.15) is 0 Å². The third-order valence-corrected chi connectivity index (χ3v) is 4.99. The Morgan fingerprint density at radius 1 is 1.23 bits per heavy atom. The van der Waals surface area contributed by atoms with E-state index in [-0.39, 0.29) is 11.7 Å². The lowest BCUT2D eigenvalue weighted by Crippen LogP contribution is -2.14. The first kappa shape index (κ1) is 18.5. The Balaban J connectivity index is 1.58. The number of H-pyrrole nitrogens is 1. The van der Waals surface area contributed by atoms with E-state index < -0.39 is 0 Å². The fraction of sp³-hybridized carbons (Fsp3) is 0.211. The lowest BCUT2D eigenvalue weighted by Gasteiger charge is -2.07. The number of anilines is 1. The van der Waals surface area contributed by atoms with Crippen LogP contribution in [-0.4, -0.2) is 26.8 Å². The first-order valence-electron chi connectivity index (χ1n) is 8.25. The molecule has 134 valence electrons. The second-order valence-corrected chi connectivity index (χ2v) is 7.19. The Hall–Kier alpha value is -2.31. The van der Waals surface area contributed by atoms with E-state index in [2.05, 4.69) is 39.6 Å². The summed E-state index contributed by atoms with van der Waals surface area (Å²) in [5, 5.41) is 11.1. The molecule has 3 aromatic rings. The van der Waals surface area contributed by atoms with Crippen molar-refractivity contribution < 1.29 is 4.79 Å². The number of thioether (sulfide) groups is 1. The van der Waals surface area contributed by atoms with Crippen molar-refractivity contribution in [2.24, 2.45) is 0 Å². The second kappa shape index (κ2) is 8.38. The molecule has 0 fully saturated rings. The molecule has 1 aromatic heterocycles. The smallest absolute Gasteiger partial charge is 0.234 e. The molecule has 7 heteroatoms. The van der Waals surface area contributed by atoms with Crippen molar-refractivity contribution in [3.8, 4) is 11.4 Å². The van der Waals surface area contributed by atoms with Crippen molar-refractivity contribution in [1.82, 2.24) is 15.2 Å². The molecule has 0 radical (unpaired) electrons. The van der Waals surface area contributed by atoms with Gasteiger partial charge in [0.25, 0.3) is 0 Å². The van der Waals surface area contributed by atoms with E-state index in [1.54, 1.807) is 12.1 Å². The van der Waals surface area contributed by atoms with Crippen LogP contribution < -0.4 is 5.32 Å². The van der Waals surface area contributed by atoms with E-state index in [4.69, 9.17) is 11.6 Å². The molecule has 0 bridgehead atoms. The number of hydrogen-bond donors (Lipinski definition) is 2. The van der Waals surface area contributed by atoms with E-state index in [0.717, 1.165) is 23.2 Å². The number of hydrogen-bond acceptors (Lipinski definition) is 4. The highest BCUT2D eigenvalue weighted by Gasteiger charge is 2.10. The summed E-state index contributed by atoms with van der Waals surface area (Å²) in [7, 11) is 0. The molecule has 1 amide bonds. The normalized spacial score (nSPS) is 10.7. The van der Waals surface area contributed by atoms with Crippen LogP contribution in [0.2, 0.25) is 5.02 Å². The molecule has 0 aliphatic heterocycles. The Morgan fingerprint density at radius 2 is 2.00 bits per heavy atom. The number of nitrogens with one attached hydrogen (secondary N) is 2. The predicted molar refractivity (Wildman–Crippen MR) is 107 cm³/mol. The fourth-order valence-electron chi connectivity index (χ4n) is 2.38. The summed E-state index contributed by atoms with van der Waals surface area (Å²) in [6, 6.07) is 13.6. The number of aromatic amines is 1.